The zero-order valence-corrected chi connectivity index (χ0v) is 17.1. The highest BCUT2D eigenvalue weighted by molar-refractivity contribution is 5.91. The van der Waals surface area contributed by atoms with Gasteiger partial charge in [0.2, 0.25) is 0 Å². The standard InChI is InChI=1S/C23H31FN2O2/c1-23(2,3)26(15-17-9-7-8-12-20(17)24)16-19-13-14-21(28-19)22(27)25-18-10-5-4-6-11-18/h7-9,12-14,18H,4-6,10-11,15-16H2,1-3H3,(H,25,27). The maximum atomic E-state index is 14.1. The van der Waals surface area contributed by atoms with Crippen molar-refractivity contribution in [2.24, 2.45) is 0 Å². The van der Waals surface area contributed by atoms with Gasteiger partial charge in [-0.2, -0.15) is 0 Å². The van der Waals surface area contributed by atoms with Gasteiger partial charge in [0.25, 0.3) is 5.91 Å². The van der Waals surface area contributed by atoms with E-state index in [4.69, 9.17) is 4.42 Å². The zero-order chi connectivity index (χ0) is 20.1. The summed E-state index contributed by atoms with van der Waals surface area (Å²) in [6.07, 6.45) is 5.68. The van der Waals surface area contributed by atoms with Crippen LogP contribution >= 0.6 is 0 Å². The first-order valence-electron chi connectivity index (χ1n) is 10.2. The van der Waals surface area contributed by atoms with Crippen molar-refractivity contribution in [1.82, 2.24) is 10.2 Å². The largest absolute Gasteiger partial charge is 0.455 e. The highest BCUT2D eigenvalue weighted by Gasteiger charge is 2.25. The van der Waals surface area contributed by atoms with Crippen molar-refractivity contribution in [3.63, 3.8) is 0 Å². The van der Waals surface area contributed by atoms with Crippen LogP contribution in [-0.2, 0) is 13.1 Å². The fourth-order valence-electron chi connectivity index (χ4n) is 3.64. The Morgan fingerprint density at radius 3 is 2.50 bits per heavy atom. The van der Waals surface area contributed by atoms with Crippen LogP contribution in [0, 0.1) is 5.82 Å². The van der Waals surface area contributed by atoms with Gasteiger partial charge in [0.1, 0.15) is 11.6 Å². The van der Waals surface area contributed by atoms with Crippen molar-refractivity contribution in [1.29, 1.82) is 0 Å². The van der Waals surface area contributed by atoms with Gasteiger partial charge >= 0.3 is 0 Å². The topological polar surface area (TPSA) is 45.5 Å². The lowest BCUT2D eigenvalue weighted by molar-refractivity contribution is 0.0881. The molecular formula is C23H31FN2O2. The zero-order valence-electron chi connectivity index (χ0n) is 17.1. The third kappa shape index (κ3) is 5.44. The molecule has 1 N–H and O–H groups in total. The summed E-state index contributed by atoms with van der Waals surface area (Å²) in [4.78, 5) is 14.6. The van der Waals surface area contributed by atoms with Crippen molar-refractivity contribution in [2.45, 2.75) is 77.5 Å². The maximum Gasteiger partial charge on any atom is 0.287 e. The molecule has 1 saturated carbocycles. The van der Waals surface area contributed by atoms with Gasteiger partial charge < -0.3 is 9.73 Å². The molecule has 1 aromatic carbocycles. The van der Waals surface area contributed by atoms with Crippen LogP contribution < -0.4 is 5.32 Å². The predicted octanol–water partition coefficient (Wildman–Crippen LogP) is 5.28. The molecule has 0 saturated heterocycles. The van der Waals surface area contributed by atoms with E-state index in [0.717, 1.165) is 12.8 Å². The van der Waals surface area contributed by atoms with Crippen LogP contribution in [0.25, 0.3) is 0 Å². The molecule has 3 rings (SSSR count). The first kappa shape index (κ1) is 20.6. The van der Waals surface area contributed by atoms with Gasteiger partial charge in [-0.15, -0.1) is 0 Å². The first-order valence-corrected chi connectivity index (χ1v) is 10.2. The highest BCUT2D eigenvalue weighted by atomic mass is 19.1. The number of nitrogens with zero attached hydrogens (tertiary/aromatic N) is 1. The Morgan fingerprint density at radius 2 is 1.82 bits per heavy atom. The Balaban J connectivity index is 1.66. The molecule has 1 fully saturated rings. The molecule has 0 aliphatic heterocycles. The molecule has 2 aromatic rings. The third-order valence-corrected chi connectivity index (χ3v) is 5.44. The van der Waals surface area contributed by atoms with E-state index in [1.54, 1.807) is 18.2 Å². The number of hydrogen-bond acceptors (Lipinski definition) is 3. The summed E-state index contributed by atoms with van der Waals surface area (Å²) in [6, 6.07) is 10.7. The number of benzene rings is 1. The smallest absolute Gasteiger partial charge is 0.287 e. The monoisotopic (exact) mass is 386 g/mol. The number of nitrogens with one attached hydrogen (secondary N) is 1. The van der Waals surface area contributed by atoms with E-state index >= 15 is 0 Å². The molecule has 1 aliphatic rings. The average molecular weight is 387 g/mol. The van der Waals surface area contributed by atoms with E-state index in [0.29, 0.717) is 30.2 Å². The minimum Gasteiger partial charge on any atom is -0.455 e. The van der Waals surface area contributed by atoms with Crippen LogP contribution in [0.15, 0.2) is 40.8 Å². The molecule has 152 valence electrons. The van der Waals surface area contributed by atoms with Crippen LogP contribution in [0.2, 0.25) is 0 Å². The molecule has 28 heavy (non-hydrogen) atoms. The number of hydrogen-bond donors (Lipinski definition) is 1. The number of carbonyl (C=O) groups excluding carboxylic acids is 1. The van der Waals surface area contributed by atoms with E-state index in [1.165, 1.54) is 25.3 Å². The minimum absolute atomic E-state index is 0.144. The fourth-order valence-corrected chi connectivity index (χ4v) is 3.64. The molecular weight excluding hydrogens is 355 g/mol. The summed E-state index contributed by atoms with van der Waals surface area (Å²) in [5.74, 6) is 0.707. The molecule has 1 aromatic heterocycles. The second kappa shape index (κ2) is 8.91. The number of halogens is 1. The van der Waals surface area contributed by atoms with E-state index in [1.807, 2.05) is 12.1 Å². The Hall–Kier alpha value is -2.14. The normalized spacial score (nSPS) is 15.8. The minimum atomic E-state index is -0.205. The Bertz CT molecular complexity index is 788. The number of furan rings is 1. The molecule has 0 unspecified atom stereocenters. The second-order valence-corrected chi connectivity index (χ2v) is 8.69. The highest BCUT2D eigenvalue weighted by Crippen LogP contribution is 2.23. The molecule has 0 spiro atoms. The van der Waals surface area contributed by atoms with Crippen LogP contribution in [0.4, 0.5) is 4.39 Å². The Kier molecular flexibility index (Phi) is 6.55. The van der Waals surface area contributed by atoms with Gasteiger partial charge in [-0.05, 0) is 51.8 Å². The van der Waals surface area contributed by atoms with Crippen molar-refractivity contribution in [2.75, 3.05) is 0 Å². The maximum absolute atomic E-state index is 14.1. The quantitative estimate of drug-likeness (QED) is 0.734. The van der Waals surface area contributed by atoms with Gasteiger partial charge in [0.15, 0.2) is 5.76 Å². The fraction of sp³-hybridized carbons (Fsp3) is 0.522. The number of rotatable bonds is 6. The summed E-state index contributed by atoms with van der Waals surface area (Å²) in [7, 11) is 0. The Labute approximate surface area is 167 Å². The van der Waals surface area contributed by atoms with E-state index in [9.17, 15) is 9.18 Å². The summed E-state index contributed by atoms with van der Waals surface area (Å²) >= 11 is 0. The van der Waals surface area contributed by atoms with Crippen molar-refractivity contribution < 1.29 is 13.6 Å². The second-order valence-electron chi connectivity index (χ2n) is 8.69. The number of amides is 1. The lowest BCUT2D eigenvalue weighted by Crippen LogP contribution is -2.40. The molecule has 0 atom stereocenters. The molecule has 1 amide bonds. The van der Waals surface area contributed by atoms with Crippen LogP contribution in [0.5, 0.6) is 0 Å². The Morgan fingerprint density at radius 1 is 1.11 bits per heavy atom. The predicted molar refractivity (Wildman–Crippen MR) is 108 cm³/mol. The summed E-state index contributed by atoms with van der Waals surface area (Å²) < 4.78 is 19.9. The first-order chi connectivity index (χ1) is 13.3. The van der Waals surface area contributed by atoms with Gasteiger partial charge in [-0.3, -0.25) is 9.69 Å². The van der Waals surface area contributed by atoms with Crippen LogP contribution in [0.3, 0.4) is 0 Å². The lowest BCUT2D eigenvalue weighted by atomic mass is 9.95. The van der Waals surface area contributed by atoms with Crippen LogP contribution in [0.1, 0.15) is 74.8 Å². The summed E-state index contributed by atoms with van der Waals surface area (Å²) in [5, 5.41) is 3.08. The SMILES string of the molecule is CC(C)(C)N(Cc1ccc(C(=O)NC2CCCCC2)o1)Cc1ccccc1F. The molecule has 1 heterocycles. The summed E-state index contributed by atoms with van der Waals surface area (Å²) in [6.45, 7) is 7.25. The molecule has 0 radical (unpaired) electrons. The van der Waals surface area contributed by atoms with Gasteiger partial charge in [-0.25, -0.2) is 4.39 Å². The molecule has 1 aliphatic carbocycles. The van der Waals surface area contributed by atoms with E-state index < -0.39 is 0 Å². The molecule has 0 bridgehead atoms. The van der Waals surface area contributed by atoms with Crippen molar-refractivity contribution in [3.05, 3.63) is 59.3 Å². The van der Waals surface area contributed by atoms with Crippen LogP contribution in [-0.4, -0.2) is 22.4 Å². The van der Waals surface area contributed by atoms with Gasteiger partial charge in [0.05, 0.1) is 6.54 Å². The number of carbonyl (C=O) groups is 1. The van der Waals surface area contributed by atoms with Gasteiger partial charge in [0, 0.05) is 23.7 Å². The van der Waals surface area contributed by atoms with E-state index in [-0.39, 0.29) is 23.3 Å². The van der Waals surface area contributed by atoms with E-state index in [2.05, 4.69) is 31.0 Å². The average Bonchev–Trinajstić information content (AvgIpc) is 3.12. The summed E-state index contributed by atoms with van der Waals surface area (Å²) in [5.41, 5.74) is 0.471. The third-order valence-electron chi connectivity index (χ3n) is 5.44. The van der Waals surface area contributed by atoms with Crippen molar-refractivity contribution in [3.8, 4) is 0 Å². The molecule has 4 nitrogen and oxygen atoms in total. The molecule has 5 heteroatoms. The lowest BCUT2D eigenvalue weighted by Gasteiger charge is -2.35. The van der Waals surface area contributed by atoms with Crippen molar-refractivity contribution >= 4 is 5.91 Å². The van der Waals surface area contributed by atoms with Gasteiger partial charge in [-0.1, -0.05) is 37.5 Å².